The summed E-state index contributed by atoms with van der Waals surface area (Å²) in [6.45, 7) is 0. The molecule has 1 aliphatic rings. The molecule has 1 aromatic heterocycles. The zero-order valence-electron chi connectivity index (χ0n) is 10.6. The van der Waals surface area contributed by atoms with Crippen LogP contribution >= 0.6 is 0 Å². The number of aryl methyl sites for hydroxylation is 1. The fraction of sp³-hybridized carbons (Fsp3) is 0.750. The predicted octanol–water partition coefficient (Wildman–Crippen LogP) is 0.754. The average Bonchev–Trinajstić information content (AvgIpc) is 2.96. The molecule has 1 saturated carbocycles. The number of aromatic nitrogens is 2. The van der Waals surface area contributed by atoms with Crippen molar-refractivity contribution in [2.24, 2.45) is 12.9 Å². The fourth-order valence-electron chi connectivity index (χ4n) is 2.84. The summed E-state index contributed by atoms with van der Waals surface area (Å²) in [5, 5.41) is 0. The quantitative estimate of drug-likeness (QED) is 0.587. The Balaban J connectivity index is 2.13. The van der Waals surface area contributed by atoms with E-state index in [-0.39, 0.29) is 11.6 Å². The molecule has 1 aliphatic carbocycles. The van der Waals surface area contributed by atoms with Crippen molar-refractivity contribution in [2.75, 3.05) is 7.11 Å². The lowest BCUT2D eigenvalue weighted by Crippen LogP contribution is -2.54. The molecule has 0 spiro atoms. The van der Waals surface area contributed by atoms with E-state index in [4.69, 9.17) is 10.6 Å². The Labute approximate surface area is 102 Å². The van der Waals surface area contributed by atoms with Crippen molar-refractivity contribution < 1.29 is 4.74 Å². The SMILES string of the molecule is COC1(C(Cc2nccn2C)NN)CCCC1. The van der Waals surface area contributed by atoms with E-state index < -0.39 is 0 Å². The zero-order valence-corrected chi connectivity index (χ0v) is 10.6. The van der Waals surface area contributed by atoms with Crippen LogP contribution in [0.4, 0.5) is 0 Å². The molecule has 0 aliphatic heterocycles. The number of nitrogens with zero attached hydrogens (tertiary/aromatic N) is 2. The van der Waals surface area contributed by atoms with Crippen LogP contribution in [-0.4, -0.2) is 28.3 Å². The van der Waals surface area contributed by atoms with E-state index in [2.05, 4.69) is 10.4 Å². The normalized spacial score (nSPS) is 20.6. The van der Waals surface area contributed by atoms with Crippen LogP contribution in [-0.2, 0) is 18.2 Å². The van der Waals surface area contributed by atoms with E-state index in [1.54, 1.807) is 7.11 Å². The minimum absolute atomic E-state index is 0.121. The van der Waals surface area contributed by atoms with Crippen molar-refractivity contribution in [3.05, 3.63) is 18.2 Å². The number of hydrogen-bond donors (Lipinski definition) is 2. The number of imidazole rings is 1. The molecule has 5 heteroatoms. The number of nitrogens with two attached hydrogens (primary N) is 1. The van der Waals surface area contributed by atoms with Crippen molar-refractivity contribution in [3.63, 3.8) is 0 Å². The topological polar surface area (TPSA) is 65.1 Å². The summed E-state index contributed by atoms with van der Waals surface area (Å²) in [7, 11) is 3.79. The zero-order chi connectivity index (χ0) is 12.3. The van der Waals surface area contributed by atoms with Crippen molar-refractivity contribution in [1.82, 2.24) is 15.0 Å². The Bertz CT molecular complexity index is 357. The Kier molecular flexibility index (Phi) is 3.81. The highest BCUT2D eigenvalue weighted by Crippen LogP contribution is 2.36. The van der Waals surface area contributed by atoms with Gasteiger partial charge in [-0.1, -0.05) is 12.8 Å². The molecule has 5 nitrogen and oxygen atoms in total. The number of ether oxygens (including phenoxy) is 1. The number of hydrazine groups is 1. The molecular formula is C12H22N4O. The van der Waals surface area contributed by atoms with Gasteiger partial charge in [-0.15, -0.1) is 0 Å². The Morgan fingerprint density at radius 3 is 2.76 bits per heavy atom. The van der Waals surface area contributed by atoms with Crippen molar-refractivity contribution in [3.8, 4) is 0 Å². The van der Waals surface area contributed by atoms with E-state index in [1.807, 2.05) is 24.0 Å². The molecule has 96 valence electrons. The first-order valence-corrected chi connectivity index (χ1v) is 6.19. The first-order chi connectivity index (χ1) is 8.22. The van der Waals surface area contributed by atoms with E-state index >= 15 is 0 Å². The summed E-state index contributed by atoms with van der Waals surface area (Å²) in [5.41, 5.74) is 2.80. The lowest BCUT2D eigenvalue weighted by Gasteiger charge is -2.35. The molecule has 1 atom stereocenters. The first-order valence-electron chi connectivity index (χ1n) is 6.19. The van der Waals surface area contributed by atoms with Crippen LogP contribution in [0.1, 0.15) is 31.5 Å². The molecule has 0 bridgehead atoms. The van der Waals surface area contributed by atoms with Crippen LogP contribution in [0.5, 0.6) is 0 Å². The van der Waals surface area contributed by atoms with Crippen LogP contribution in [0.25, 0.3) is 0 Å². The van der Waals surface area contributed by atoms with Gasteiger partial charge >= 0.3 is 0 Å². The summed E-state index contributed by atoms with van der Waals surface area (Å²) in [6.07, 6.45) is 9.15. The second kappa shape index (κ2) is 5.16. The lowest BCUT2D eigenvalue weighted by atomic mass is 9.90. The van der Waals surface area contributed by atoms with Gasteiger partial charge in [-0.05, 0) is 12.8 Å². The molecular weight excluding hydrogens is 216 g/mol. The molecule has 1 unspecified atom stereocenters. The summed E-state index contributed by atoms with van der Waals surface area (Å²) < 4.78 is 7.79. The number of methoxy groups -OCH3 is 1. The highest BCUT2D eigenvalue weighted by molar-refractivity contribution is 5.03. The van der Waals surface area contributed by atoms with Gasteiger partial charge in [0, 0.05) is 33.0 Å². The highest BCUT2D eigenvalue weighted by Gasteiger charge is 2.41. The van der Waals surface area contributed by atoms with Gasteiger partial charge in [0.25, 0.3) is 0 Å². The molecule has 1 aromatic rings. The Hall–Kier alpha value is -0.910. The third-order valence-electron chi connectivity index (χ3n) is 4.00. The molecule has 0 amide bonds. The summed E-state index contributed by atoms with van der Waals surface area (Å²) in [5.74, 6) is 6.75. The number of rotatable bonds is 5. The maximum atomic E-state index is 5.76. The van der Waals surface area contributed by atoms with Gasteiger partial charge in [0.2, 0.25) is 0 Å². The summed E-state index contributed by atoms with van der Waals surface area (Å²) >= 11 is 0. The fourth-order valence-corrected chi connectivity index (χ4v) is 2.84. The third-order valence-corrected chi connectivity index (χ3v) is 4.00. The summed E-state index contributed by atoms with van der Waals surface area (Å²) in [6, 6.07) is 0.121. The van der Waals surface area contributed by atoms with Crippen LogP contribution in [0, 0.1) is 0 Å². The molecule has 0 radical (unpaired) electrons. The van der Waals surface area contributed by atoms with Gasteiger partial charge in [-0.25, -0.2) is 4.98 Å². The smallest absolute Gasteiger partial charge is 0.110 e. The van der Waals surface area contributed by atoms with Gasteiger partial charge in [0.15, 0.2) is 0 Å². The third kappa shape index (κ3) is 2.36. The van der Waals surface area contributed by atoms with Crippen LogP contribution < -0.4 is 11.3 Å². The molecule has 1 fully saturated rings. The van der Waals surface area contributed by atoms with Crippen LogP contribution in [0.15, 0.2) is 12.4 Å². The Morgan fingerprint density at radius 2 is 2.29 bits per heavy atom. The minimum atomic E-state index is -0.124. The average molecular weight is 238 g/mol. The summed E-state index contributed by atoms with van der Waals surface area (Å²) in [4.78, 5) is 4.35. The number of hydrogen-bond acceptors (Lipinski definition) is 4. The van der Waals surface area contributed by atoms with Gasteiger partial charge in [0.05, 0.1) is 11.6 Å². The molecule has 2 rings (SSSR count). The molecule has 0 aromatic carbocycles. The molecule has 0 saturated heterocycles. The lowest BCUT2D eigenvalue weighted by molar-refractivity contribution is -0.0361. The molecule has 1 heterocycles. The van der Waals surface area contributed by atoms with Gasteiger partial charge in [-0.3, -0.25) is 11.3 Å². The van der Waals surface area contributed by atoms with Gasteiger partial charge in [-0.2, -0.15) is 0 Å². The first kappa shape index (κ1) is 12.5. The highest BCUT2D eigenvalue weighted by atomic mass is 16.5. The standard InChI is InChI=1S/C12H22N4O/c1-16-8-7-14-11(16)9-10(15-13)12(17-2)5-3-4-6-12/h7-8,10,15H,3-6,9,13H2,1-2H3. The van der Waals surface area contributed by atoms with Gasteiger partial charge < -0.3 is 9.30 Å². The van der Waals surface area contributed by atoms with Crippen LogP contribution in [0.3, 0.4) is 0 Å². The van der Waals surface area contributed by atoms with E-state index in [0.717, 1.165) is 25.1 Å². The van der Waals surface area contributed by atoms with Crippen molar-refractivity contribution >= 4 is 0 Å². The molecule has 17 heavy (non-hydrogen) atoms. The second-order valence-corrected chi connectivity index (χ2v) is 4.85. The second-order valence-electron chi connectivity index (χ2n) is 4.85. The van der Waals surface area contributed by atoms with E-state index in [9.17, 15) is 0 Å². The van der Waals surface area contributed by atoms with Crippen molar-refractivity contribution in [1.29, 1.82) is 0 Å². The van der Waals surface area contributed by atoms with E-state index in [1.165, 1.54) is 12.8 Å². The monoisotopic (exact) mass is 238 g/mol. The maximum Gasteiger partial charge on any atom is 0.110 e. The van der Waals surface area contributed by atoms with Gasteiger partial charge in [0.1, 0.15) is 5.82 Å². The van der Waals surface area contributed by atoms with Crippen molar-refractivity contribution in [2.45, 2.75) is 43.7 Å². The largest absolute Gasteiger partial charge is 0.377 e. The maximum absolute atomic E-state index is 5.76. The number of nitrogens with one attached hydrogen (secondary N) is 1. The van der Waals surface area contributed by atoms with Crippen LogP contribution in [0.2, 0.25) is 0 Å². The Morgan fingerprint density at radius 1 is 1.59 bits per heavy atom. The minimum Gasteiger partial charge on any atom is -0.377 e. The van der Waals surface area contributed by atoms with E-state index in [0.29, 0.717) is 0 Å². The predicted molar refractivity (Wildman–Crippen MR) is 66.2 cm³/mol. The molecule has 3 N–H and O–H groups in total.